The Labute approximate surface area is 433 Å². The highest BCUT2D eigenvalue weighted by molar-refractivity contribution is 7.15. The van der Waals surface area contributed by atoms with Gasteiger partial charge < -0.3 is 30.1 Å². The van der Waals surface area contributed by atoms with Crippen molar-refractivity contribution >= 4 is 63.5 Å². The summed E-state index contributed by atoms with van der Waals surface area (Å²) < 4.78 is 12.9. The van der Waals surface area contributed by atoms with Crippen LogP contribution in [0, 0.1) is 39.0 Å². The fraction of sp³-hybridized carbons (Fsp3) is 0.400. The normalized spacial score (nSPS) is 17.2. The van der Waals surface area contributed by atoms with Crippen LogP contribution < -0.4 is 15.4 Å². The molecule has 8 rings (SSSR count). The second kappa shape index (κ2) is 22.1. The minimum atomic E-state index is -0.889. The summed E-state index contributed by atoms with van der Waals surface area (Å²) in [5.41, 5.74) is 9.17. The first-order valence-corrected chi connectivity index (χ1v) is 26.1. The van der Waals surface area contributed by atoms with Crippen LogP contribution in [-0.2, 0) is 35.1 Å². The van der Waals surface area contributed by atoms with Crippen molar-refractivity contribution in [2.45, 2.75) is 112 Å². The van der Waals surface area contributed by atoms with E-state index < -0.39 is 35.5 Å². The highest BCUT2D eigenvalue weighted by atomic mass is 32.1. The van der Waals surface area contributed by atoms with Gasteiger partial charge in [-0.15, -0.1) is 32.9 Å². The monoisotopic (exact) mass is 1030 g/mol. The number of ketones is 1. The number of thiophene rings is 1. The number of Topliss-reactive ketones (excluding diaryl/α,β-unsaturated/α-hetero) is 1. The Morgan fingerprint density at radius 2 is 1.62 bits per heavy atom. The van der Waals surface area contributed by atoms with Crippen molar-refractivity contribution in [1.82, 2.24) is 30.0 Å². The first kappa shape index (κ1) is 52.4. The molecule has 16 nitrogen and oxygen atoms in total. The average Bonchev–Trinajstić information content (AvgIpc) is 4.14. The summed E-state index contributed by atoms with van der Waals surface area (Å²) in [6, 6.07) is 20.8. The van der Waals surface area contributed by atoms with Gasteiger partial charge in [0.15, 0.2) is 11.6 Å². The molecule has 2 aliphatic heterocycles. The van der Waals surface area contributed by atoms with Gasteiger partial charge in [0.25, 0.3) is 0 Å². The van der Waals surface area contributed by atoms with Crippen molar-refractivity contribution in [1.29, 1.82) is 0 Å². The molecule has 0 radical (unpaired) electrons. The van der Waals surface area contributed by atoms with E-state index in [0.29, 0.717) is 29.5 Å². The van der Waals surface area contributed by atoms with Crippen LogP contribution in [-0.4, -0.2) is 97.3 Å². The summed E-state index contributed by atoms with van der Waals surface area (Å²) in [4.78, 5) is 80.2. The maximum absolute atomic E-state index is 14.2. The number of aromatic nitrogens is 4. The van der Waals surface area contributed by atoms with Crippen molar-refractivity contribution < 1.29 is 38.6 Å². The van der Waals surface area contributed by atoms with E-state index in [1.54, 1.807) is 34.8 Å². The zero-order valence-corrected chi connectivity index (χ0v) is 44.3. The molecular formula is C55H62N8O8S2. The van der Waals surface area contributed by atoms with Crippen LogP contribution in [0.15, 0.2) is 83.3 Å². The zero-order valence-electron chi connectivity index (χ0n) is 42.6. The third-order valence-corrected chi connectivity index (χ3v) is 15.8. The van der Waals surface area contributed by atoms with Gasteiger partial charge in [0, 0.05) is 47.5 Å². The summed E-state index contributed by atoms with van der Waals surface area (Å²) in [5.74, 6) is -0.604. The number of anilines is 1. The van der Waals surface area contributed by atoms with Crippen LogP contribution in [0.25, 0.3) is 15.4 Å². The number of aliphatic hydroxyl groups is 1. The number of hydrogen-bond acceptors (Lipinski definition) is 14. The predicted molar refractivity (Wildman–Crippen MR) is 281 cm³/mol. The van der Waals surface area contributed by atoms with Crippen LogP contribution in [0.2, 0.25) is 0 Å². The van der Waals surface area contributed by atoms with E-state index in [1.165, 1.54) is 12.0 Å². The average molecular weight is 1030 g/mol. The van der Waals surface area contributed by atoms with Crippen molar-refractivity contribution in [2.24, 2.45) is 16.3 Å². The number of thiazole rings is 1. The Morgan fingerprint density at radius 1 is 0.918 bits per heavy atom. The van der Waals surface area contributed by atoms with Crippen molar-refractivity contribution in [3.05, 3.63) is 128 Å². The molecule has 0 unspecified atom stereocenters. The highest BCUT2D eigenvalue weighted by Gasteiger charge is 2.45. The predicted octanol–water partition coefficient (Wildman–Crippen LogP) is 8.55. The van der Waals surface area contributed by atoms with Crippen LogP contribution in [0.1, 0.15) is 115 Å². The zero-order chi connectivity index (χ0) is 52.3. The number of esters is 1. The molecule has 382 valence electrons. The highest BCUT2D eigenvalue weighted by Crippen LogP contribution is 2.40. The Morgan fingerprint density at radius 3 is 2.27 bits per heavy atom. The Bertz CT molecular complexity index is 3040. The number of benzene rings is 3. The van der Waals surface area contributed by atoms with Gasteiger partial charge in [-0.3, -0.25) is 33.5 Å². The number of nitrogens with zero attached hydrogens (tertiary/aromatic N) is 6. The quantitative estimate of drug-likeness (QED) is 0.0738. The maximum atomic E-state index is 14.2. The van der Waals surface area contributed by atoms with E-state index in [1.807, 2.05) is 112 Å². The number of nitrogens with one attached hydrogen (secondary N) is 2. The van der Waals surface area contributed by atoms with Gasteiger partial charge in [-0.05, 0) is 93.0 Å². The molecule has 73 heavy (non-hydrogen) atoms. The lowest BCUT2D eigenvalue weighted by Crippen LogP contribution is -2.50. The summed E-state index contributed by atoms with van der Waals surface area (Å²) in [7, 11) is 1.35. The van der Waals surface area contributed by atoms with E-state index in [4.69, 9.17) is 14.5 Å². The van der Waals surface area contributed by atoms with E-state index >= 15 is 0 Å². The fourth-order valence-electron chi connectivity index (χ4n) is 9.33. The molecule has 1 saturated heterocycles. The summed E-state index contributed by atoms with van der Waals surface area (Å²) in [6.45, 7) is 15.2. The molecule has 0 aliphatic carbocycles. The molecular weight excluding hydrogens is 965 g/mol. The van der Waals surface area contributed by atoms with E-state index in [-0.39, 0.29) is 68.4 Å². The molecule has 3 N–H and O–H groups in total. The number of rotatable bonds is 17. The van der Waals surface area contributed by atoms with Crippen molar-refractivity contribution in [3.63, 3.8) is 0 Å². The molecule has 5 atom stereocenters. The molecule has 2 aliphatic rings. The molecule has 3 aromatic carbocycles. The number of hydrogen-bond donors (Lipinski definition) is 3. The molecule has 6 aromatic rings. The number of carbonyl (C=O) groups excluding carboxylic acids is 5. The van der Waals surface area contributed by atoms with E-state index in [2.05, 4.69) is 39.7 Å². The van der Waals surface area contributed by atoms with Gasteiger partial charge in [0.05, 0.1) is 53.4 Å². The number of aryl methyl sites for hydroxylation is 4. The number of likely N-dealkylation sites (tertiary alicyclic amines) is 1. The number of aliphatic hydroxyl groups excluding tert-OH is 1. The molecule has 3 aromatic heterocycles. The molecule has 5 heterocycles. The number of carbonyl (C=O) groups is 5. The van der Waals surface area contributed by atoms with Gasteiger partial charge in [0.2, 0.25) is 17.7 Å². The Kier molecular flexibility index (Phi) is 15.9. The molecule has 0 saturated carbocycles. The molecule has 1 fully saturated rings. The van der Waals surface area contributed by atoms with Crippen molar-refractivity contribution in [3.8, 4) is 21.2 Å². The van der Waals surface area contributed by atoms with Crippen molar-refractivity contribution in [2.75, 3.05) is 25.6 Å². The second-order valence-corrected chi connectivity index (χ2v) is 22.0. The smallest absolute Gasteiger partial charge is 0.308 e. The lowest BCUT2D eigenvalue weighted by Gasteiger charge is -2.35. The van der Waals surface area contributed by atoms with Gasteiger partial charge in [0.1, 0.15) is 35.3 Å². The summed E-state index contributed by atoms with van der Waals surface area (Å²) in [5, 5.41) is 26.4. The van der Waals surface area contributed by atoms with Crippen LogP contribution >= 0.6 is 22.7 Å². The maximum Gasteiger partial charge on any atom is 0.308 e. The lowest BCUT2D eigenvalue weighted by molar-refractivity contribution is -0.146. The van der Waals surface area contributed by atoms with Gasteiger partial charge in [-0.25, -0.2) is 4.98 Å². The second-order valence-electron chi connectivity index (χ2n) is 19.9. The van der Waals surface area contributed by atoms with Crippen LogP contribution in [0.4, 0.5) is 5.69 Å². The molecule has 3 amide bonds. The number of methoxy groups -OCH3 is 1. The molecule has 0 bridgehead atoms. The summed E-state index contributed by atoms with van der Waals surface area (Å²) in [6.07, 6.45) is -0.202. The summed E-state index contributed by atoms with van der Waals surface area (Å²) >= 11 is 3.20. The Hall–Kier alpha value is -6.89. The number of fused-ring (bicyclic) bond motifs is 3. The van der Waals surface area contributed by atoms with Gasteiger partial charge in [-0.2, -0.15) is 0 Å². The van der Waals surface area contributed by atoms with E-state index in [9.17, 15) is 29.1 Å². The minimum absolute atomic E-state index is 0.000889. The SMILES string of the molecule is COC(=O)C[C@@H]1N=C(c2ccc(NC(=O)CCc3ccc(OCC(=O)C[C@H](C(=O)N4C[C@H](O)C[C@H]4C(=O)N[C@@H](C)c4ccc(-c5scnc5C)cc4)C(C)(C)C)cc3)cc2)c2c(sc(C)c2C)-n2c(C)nnc21. The minimum Gasteiger partial charge on any atom is -0.486 e. The number of aliphatic imine (C=N–C) groups is 1. The number of β-amino-alcohol motifs (C(OH)–C–C–N with tert-alkyl or cyclic N) is 1. The standard InChI is InChI=1S/C55H62N8O8S2/c1-30-33(4)73-54-48(30)49(59-44(26-47(67)70-9)51-61-60-34(5)63(51)54)37-17-19-39(20-18-37)58-46(66)23-12-35-10-21-42(22-11-35)71-28-41(65)24-43(55(6,7)8)53(69)62-27-40(64)25-45(62)52(68)57-31(2)36-13-15-38(16-14-36)50-32(3)56-29-72-50/h10-11,13-22,29,31,40,43-45,64H,12,23-28H2,1-9H3,(H,57,68)(H,58,66)/t31-,40+,43+,44-,45-/m0/s1. The van der Waals surface area contributed by atoms with Crippen LogP contribution in [0.3, 0.4) is 0 Å². The van der Waals surface area contributed by atoms with Gasteiger partial charge in [-0.1, -0.05) is 69.3 Å². The van der Waals surface area contributed by atoms with Gasteiger partial charge >= 0.3 is 5.97 Å². The first-order chi connectivity index (χ1) is 34.8. The lowest BCUT2D eigenvalue weighted by atomic mass is 9.77. The topological polar surface area (TPSA) is 207 Å². The number of ether oxygens (including phenoxy) is 2. The third-order valence-electron chi connectivity index (χ3n) is 13.7. The third kappa shape index (κ3) is 11.8. The number of amides is 3. The first-order valence-electron chi connectivity index (χ1n) is 24.4. The molecule has 0 spiro atoms. The fourth-order valence-corrected chi connectivity index (χ4v) is 11.4. The van der Waals surface area contributed by atoms with Crippen LogP contribution in [0.5, 0.6) is 5.75 Å². The largest absolute Gasteiger partial charge is 0.486 e. The Balaban J connectivity index is 0.828. The molecule has 18 heteroatoms. The van der Waals surface area contributed by atoms with E-state index in [0.717, 1.165) is 59.5 Å².